The van der Waals surface area contributed by atoms with Gasteiger partial charge in [-0.3, -0.25) is 4.79 Å². The lowest BCUT2D eigenvalue weighted by Gasteiger charge is -2.12. The summed E-state index contributed by atoms with van der Waals surface area (Å²) in [6.45, 7) is 2.82. The van der Waals surface area contributed by atoms with E-state index >= 15 is 0 Å². The minimum atomic E-state index is -0.256. The predicted octanol–water partition coefficient (Wildman–Crippen LogP) is 2.07. The van der Waals surface area contributed by atoms with Crippen molar-refractivity contribution in [2.24, 2.45) is 0 Å². The van der Waals surface area contributed by atoms with E-state index in [4.69, 9.17) is 4.42 Å². The minimum Gasteiger partial charge on any atom is -0.444 e. The summed E-state index contributed by atoms with van der Waals surface area (Å²) in [5.74, 6) is 1.82. The van der Waals surface area contributed by atoms with Gasteiger partial charge in [0.1, 0.15) is 5.82 Å². The van der Waals surface area contributed by atoms with Crippen LogP contribution in [-0.2, 0) is 13.0 Å². The summed E-state index contributed by atoms with van der Waals surface area (Å²) in [5, 5.41) is 11.1. The third-order valence-electron chi connectivity index (χ3n) is 3.17. The SMILES string of the molecule is CC(NC(=O)c1ccc(Br)o1)c1nnc2n1CCC2. The molecule has 0 fully saturated rings. The molecule has 0 aliphatic carbocycles. The van der Waals surface area contributed by atoms with Crippen LogP contribution in [0.3, 0.4) is 0 Å². The molecule has 0 saturated carbocycles. The van der Waals surface area contributed by atoms with E-state index in [-0.39, 0.29) is 17.7 Å². The molecule has 0 radical (unpaired) electrons. The number of carbonyl (C=O) groups is 1. The highest BCUT2D eigenvalue weighted by molar-refractivity contribution is 9.10. The fourth-order valence-corrected chi connectivity index (χ4v) is 2.57. The lowest BCUT2D eigenvalue weighted by atomic mass is 10.3. The summed E-state index contributed by atoms with van der Waals surface area (Å²) in [7, 11) is 0. The Kier molecular flexibility index (Phi) is 3.14. The van der Waals surface area contributed by atoms with Crippen LogP contribution in [0.1, 0.15) is 41.6 Å². The van der Waals surface area contributed by atoms with Gasteiger partial charge < -0.3 is 14.3 Å². The van der Waals surface area contributed by atoms with Gasteiger partial charge >= 0.3 is 0 Å². The highest BCUT2D eigenvalue weighted by Gasteiger charge is 2.23. The number of furan rings is 1. The van der Waals surface area contributed by atoms with Gasteiger partial charge in [0.05, 0.1) is 6.04 Å². The lowest BCUT2D eigenvalue weighted by molar-refractivity contribution is 0.0908. The van der Waals surface area contributed by atoms with Crippen LogP contribution in [0.5, 0.6) is 0 Å². The first kappa shape index (κ1) is 12.4. The fraction of sp³-hybridized carbons (Fsp3) is 0.417. The molecule has 1 unspecified atom stereocenters. The average Bonchev–Trinajstić information content (AvgIpc) is 3.02. The summed E-state index contributed by atoms with van der Waals surface area (Å²) in [5.41, 5.74) is 0. The van der Waals surface area contributed by atoms with Crippen molar-refractivity contribution in [1.82, 2.24) is 20.1 Å². The Bertz CT molecular complexity index is 619. The van der Waals surface area contributed by atoms with Gasteiger partial charge in [-0.05, 0) is 41.4 Å². The molecule has 3 heterocycles. The van der Waals surface area contributed by atoms with Gasteiger partial charge in [0, 0.05) is 13.0 Å². The Balaban J connectivity index is 1.74. The Hall–Kier alpha value is -1.63. The third kappa shape index (κ3) is 2.30. The second-order valence-electron chi connectivity index (χ2n) is 4.53. The van der Waals surface area contributed by atoms with E-state index in [1.807, 2.05) is 6.92 Å². The van der Waals surface area contributed by atoms with E-state index in [9.17, 15) is 4.79 Å². The predicted molar refractivity (Wildman–Crippen MR) is 70.6 cm³/mol. The van der Waals surface area contributed by atoms with Crippen LogP contribution in [-0.4, -0.2) is 20.7 Å². The van der Waals surface area contributed by atoms with Gasteiger partial charge in [0.15, 0.2) is 16.3 Å². The molecule has 0 bridgehead atoms. The third-order valence-corrected chi connectivity index (χ3v) is 3.60. The van der Waals surface area contributed by atoms with Crippen molar-refractivity contribution in [3.05, 3.63) is 34.2 Å². The number of nitrogens with one attached hydrogen (secondary N) is 1. The molecule has 0 aromatic carbocycles. The standard InChI is InChI=1S/C12H13BrN4O2/c1-7(11-16-15-10-3-2-6-17(10)11)14-12(18)8-4-5-9(13)19-8/h4-5,7H,2-3,6H2,1H3,(H,14,18). The van der Waals surface area contributed by atoms with Crippen LogP contribution in [0, 0.1) is 0 Å². The van der Waals surface area contributed by atoms with E-state index < -0.39 is 0 Å². The Labute approximate surface area is 118 Å². The van der Waals surface area contributed by atoms with Crippen LogP contribution < -0.4 is 5.32 Å². The van der Waals surface area contributed by atoms with Gasteiger partial charge in [-0.1, -0.05) is 0 Å². The van der Waals surface area contributed by atoms with Gasteiger partial charge in [0.25, 0.3) is 5.91 Å². The Morgan fingerprint density at radius 1 is 1.53 bits per heavy atom. The number of amides is 1. The van der Waals surface area contributed by atoms with Gasteiger partial charge in [-0.15, -0.1) is 10.2 Å². The van der Waals surface area contributed by atoms with Gasteiger partial charge in [0.2, 0.25) is 0 Å². The van der Waals surface area contributed by atoms with Crippen molar-refractivity contribution < 1.29 is 9.21 Å². The first-order valence-corrected chi connectivity index (χ1v) is 6.92. The van der Waals surface area contributed by atoms with Crippen molar-refractivity contribution in [2.75, 3.05) is 0 Å². The highest BCUT2D eigenvalue weighted by Crippen LogP contribution is 2.20. The number of rotatable bonds is 3. The van der Waals surface area contributed by atoms with E-state index in [1.54, 1.807) is 12.1 Å². The largest absolute Gasteiger partial charge is 0.444 e. The lowest BCUT2D eigenvalue weighted by Crippen LogP contribution is -2.28. The molecular weight excluding hydrogens is 312 g/mol. The second-order valence-corrected chi connectivity index (χ2v) is 5.31. The minimum absolute atomic E-state index is 0.198. The molecule has 6 nitrogen and oxygen atoms in total. The van der Waals surface area contributed by atoms with Crippen LogP contribution in [0.2, 0.25) is 0 Å². The number of hydrogen-bond donors (Lipinski definition) is 1. The molecule has 7 heteroatoms. The molecular formula is C12H13BrN4O2. The maximum Gasteiger partial charge on any atom is 0.287 e. The van der Waals surface area contributed by atoms with Crippen molar-refractivity contribution in [1.29, 1.82) is 0 Å². The summed E-state index contributed by atoms with van der Waals surface area (Å²) < 4.78 is 7.83. The zero-order chi connectivity index (χ0) is 13.4. The molecule has 0 spiro atoms. The average molecular weight is 325 g/mol. The molecule has 100 valence electrons. The molecule has 1 aliphatic rings. The maximum absolute atomic E-state index is 12.0. The molecule has 19 heavy (non-hydrogen) atoms. The van der Waals surface area contributed by atoms with Crippen molar-refractivity contribution >= 4 is 21.8 Å². The van der Waals surface area contributed by atoms with Crippen LogP contribution >= 0.6 is 15.9 Å². The molecule has 1 N–H and O–H groups in total. The number of hydrogen-bond acceptors (Lipinski definition) is 4. The monoisotopic (exact) mass is 324 g/mol. The first-order valence-electron chi connectivity index (χ1n) is 6.13. The number of carbonyl (C=O) groups excluding carboxylic acids is 1. The normalized spacial score (nSPS) is 15.3. The topological polar surface area (TPSA) is 73.0 Å². The maximum atomic E-state index is 12.0. The van der Waals surface area contributed by atoms with Gasteiger partial charge in [-0.25, -0.2) is 0 Å². The van der Waals surface area contributed by atoms with E-state index in [0.29, 0.717) is 4.67 Å². The van der Waals surface area contributed by atoms with Crippen molar-refractivity contribution in [3.63, 3.8) is 0 Å². The molecule has 1 amide bonds. The molecule has 2 aromatic rings. The summed E-state index contributed by atoms with van der Waals surface area (Å²) in [4.78, 5) is 12.0. The Morgan fingerprint density at radius 3 is 3.11 bits per heavy atom. The summed E-state index contributed by atoms with van der Waals surface area (Å²) in [6, 6.07) is 3.12. The number of aryl methyl sites for hydroxylation is 1. The molecule has 3 rings (SSSR count). The summed E-state index contributed by atoms with van der Waals surface area (Å²) in [6.07, 6.45) is 2.04. The van der Waals surface area contributed by atoms with Crippen molar-refractivity contribution in [2.45, 2.75) is 32.4 Å². The van der Waals surface area contributed by atoms with Crippen LogP contribution in [0.25, 0.3) is 0 Å². The van der Waals surface area contributed by atoms with E-state index in [1.165, 1.54) is 0 Å². The highest BCUT2D eigenvalue weighted by atomic mass is 79.9. The fourth-order valence-electron chi connectivity index (χ4n) is 2.26. The number of nitrogens with zero attached hydrogens (tertiary/aromatic N) is 3. The summed E-state index contributed by atoms with van der Waals surface area (Å²) >= 11 is 3.17. The zero-order valence-electron chi connectivity index (χ0n) is 10.4. The molecule has 1 atom stereocenters. The first-order chi connectivity index (χ1) is 9.15. The Morgan fingerprint density at radius 2 is 2.37 bits per heavy atom. The molecule has 0 saturated heterocycles. The number of fused-ring (bicyclic) bond motifs is 1. The molecule has 2 aromatic heterocycles. The quantitative estimate of drug-likeness (QED) is 0.938. The van der Waals surface area contributed by atoms with Crippen LogP contribution in [0.4, 0.5) is 0 Å². The second kappa shape index (κ2) is 4.80. The van der Waals surface area contributed by atoms with Crippen molar-refractivity contribution in [3.8, 4) is 0 Å². The number of aromatic nitrogens is 3. The zero-order valence-corrected chi connectivity index (χ0v) is 12.0. The van der Waals surface area contributed by atoms with Crippen LogP contribution in [0.15, 0.2) is 21.2 Å². The van der Waals surface area contributed by atoms with E-state index in [0.717, 1.165) is 31.0 Å². The number of halogens is 1. The van der Waals surface area contributed by atoms with Gasteiger partial charge in [-0.2, -0.15) is 0 Å². The van der Waals surface area contributed by atoms with E-state index in [2.05, 4.69) is 36.0 Å². The smallest absolute Gasteiger partial charge is 0.287 e. The molecule has 1 aliphatic heterocycles.